The van der Waals surface area contributed by atoms with Crippen LogP contribution in [0.5, 0.6) is 0 Å². The van der Waals surface area contributed by atoms with Crippen LogP contribution in [0, 0.1) is 10.1 Å². The van der Waals surface area contributed by atoms with Gasteiger partial charge in [-0.1, -0.05) is 11.8 Å². The van der Waals surface area contributed by atoms with Crippen LogP contribution in [0.25, 0.3) is 0 Å². The molecule has 5 heteroatoms. The zero-order valence-electron chi connectivity index (χ0n) is 7.79. The van der Waals surface area contributed by atoms with Crippen molar-refractivity contribution in [2.45, 2.75) is 4.90 Å². The van der Waals surface area contributed by atoms with Crippen molar-refractivity contribution in [2.24, 2.45) is 0 Å². The Morgan fingerprint density at radius 2 is 2.13 bits per heavy atom. The van der Waals surface area contributed by atoms with E-state index in [4.69, 9.17) is 5.11 Å². The maximum absolute atomic E-state index is 10.4. The first-order valence-corrected chi connectivity index (χ1v) is 5.03. The molecule has 0 bridgehead atoms. The number of rotatable bonds is 4. The predicted octanol–water partition coefficient (Wildman–Crippen LogP) is 2.35. The van der Waals surface area contributed by atoms with Gasteiger partial charge in [0, 0.05) is 22.4 Å². The Labute approximate surface area is 91.1 Å². The first kappa shape index (κ1) is 11.5. The molecule has 0 amide bonds. The van der Waals surface area contributed by atoms with Gasteiger partial charge < -0.3 is 5.11 Å². The largest absolute Gasteiger partial charge is 0.392 e. The highest BCUT2D eigenvalue weighted by Gasteiger charge is 2.02. The van der Waals surface area contributed by atoms with E-state index in [0.29, 0.717) is 0 Å². The number of nitro benzene ring substituents is 1. The molecule has 0 heterocycles. The van der Waals surface area contributed by atoms with E-state index >= 15 is 0 Å². The van der Waals surface area contributed by atoms with Gasteiger partial charge in [-0.25, -0.2) is 0 Å². The fourth-order valence-electron chi connectivity index (χ4n) is 0.849. The summed E-state index contributed by atoms with van der Waals surface area (Å²) >= 11 is 1.38. The van der Waals surface area contributed by atoms with E-state index in [9.17, 15) is 10.1 Å². The third-order valence-electron chi connectivity index (χ3n) is 1.52. The normalized spacial score (nSPS) is 9.13. The lowest BCUT2D eigenvalue weighted by molar-refractivity contribution is -0.384. The quantitative estimate of drug-likeness (QED) is 0.368. The monoisotopic (exact) mass is 223 g/mol. The minimum absolute atomic E-state index is 0.0443. The highest BCUT2D eigenvalue weighted by Crippen LogP contribution is 2.21. The molecule has 1 aromatic rings. The molecular formula is C10H9NO3S. The van der Waals surface area contributed by atoms with Gasteiger partial charge in [0.2, 0.25) is 0 Å². The van der Waals surface area contributed by atoms with Gasteiger partial charge in [-0.15, -0.1) is 5.73 Å². The Morgan fingerprint density at radius 1 is 1.47 bits per heavy atom. The lowest BCUT2D eigenvalue weighted by Gasteiger charge is -1.94. The van der Waals surface area contributed by atoms with Crippen LogP contribution in [0.1, 0.15) is 0 Å². The summed E-state index contributed by atoms with van der Waals surface area (Å²) in [6.45, 7) is -0.0443. The van der Waals surface area contributed by atoms with Crippen LogP contribution >= 0.6 is 11.8 Å². The highest BCUT2D eigenvalue weighted by atomic mass is 32.2. The number of aliphatic hydroxyl groups is 1. The van der Waals surface area contributed by atoms with Crippen molar-refractivity contribution >= 4 is 17.4 Å². The summed E-state index contributed by atoms with van der Waals surface area (Å²) in [4.78, 5) is 10.8. The van der Waals surface area contributed by atoms with Crippen molar-refractivity contribution in [3.05, 3.63) is 51.6 Å². The minimum Gasteiger partial charge on any atom is -0.392 e. The Bertz CT molecular complexity index is 394. The van der Waals surface area contributed by atoms with Gasteiger partial charge in [0.25, 0.3) is 5.69 Å². The fourth-order valence-corrected chi connectivity index (χ4v) is 1.44. The molecule has 4 nitrogen and oxygen atoms in total. The zero-order valence-corrected chi connectivity index (χ0v) is 8.61. The van der Waals surface area contributed by atoms with Crippen LogP contribution < -0.4 is 0 Å². The Kier molecular flexibility index (Phi) is 4.63. The zero-order chi connectivity index (χ0) is 11.1. The lowest BCUT2D eigenvalue weighted by Crippen LogP contribution is -1.85. The summed E-state index contributed by atoms with van der Waals surface area (Å²) in [5, 5.41) is 20.5. The van der Waals surface area contributed by atoms with Gasteiger partial charge in [-0.05, 0) is 18.2 Å². The van der Waals surface area contributed by atoms with Crippen molar-refractivity contribution in [1.29, 1.82) is 0 Å². The van der Waals surface area contributed by atoms with Crippen LogP contribution in [0.3, 0.4) is 0 Å². The molecule has 0 unspecified atom stereocenters. The topological polar surface area (TPSA) is 63.4 Å². The molecule has 0 radical (unpaired) electrons. The van der Waals surface area contributed by atoms with Crippen molar-refractivity contribution < 1.29 is 10.0 Å². The van der Waals surface area contributed by atoms with Crippen LogP contribution in [-0.2, 0) is 0 Å². The van der Waals surface area contributed by atoms with Crippen LogP contribution in [0.2, 0.25) is 0 Å². The molecule has 78 valence electrons. The molecule has 15 heavy (non-hydrogen) atoms. The molecule has 0 atom stereocenters. The van der Waals surface area contributed by atoms with E-state index in [0.717, 1.165) is 4.90 Å². The van der Waals surface area contributed by atoms with Gasteiger partial charge >= 0.3 is 0 Å². The summed E-state index contributed by atoms with van der Waals surface area (Å²) in [7, 11) is 0. The van der Waals surface area contributed by atoms with E-state index in [1.165, 1.54) is 30.0 Å². The van der Waals surface area contributed by atoms with Gasteiger partial charge in [-0.2, -0.15) is 0 Å². The van der Waals surface area contributed by atoms with Gasteiger partial charge in [-0.3, -0.25) is 10.1 Å². The van der Waals surface area contributed by atoms with Crippen molar-refractivity contribution in [2.75, 3.05) is 6.61 Å². The Morgan fingerprint density at radius 3 is 2.67 bits per heavy atom. The number of nitro groups is 1. The van der Waals surface area contributed by atoms with Crippen LogP contribution in [0.4, 0.5) is 5.69 Å². The second kappa shape index (κ2) is 6.03. The molecule has 0 aliphatic rings. The van der Waals surface area contributed by atoms with Gasteiger partial charge in [0.15, 0.2) is 0 Å². The van der Waals surface area contributed by atoms with Gasteiger partial charge in [0.1, 0.15) is 0 Å². The molecule has 0 saturated heterocycles. The predicted molar refractivity (Wildman–Crippen MR) is 58.7 cm³/mol. The number of aliphatic hydroxyl groups excluding tert-OH is 1. The summed E-state index contributed by atoms with van der Waals surface area (Å²) < 4.78 is 0. The average molecular weight is 223 g/mol. The van der Waals surface area contributed by atoms with Crippen LogP contribution in [-0.4, -0.2) is 16.6 Å². The summed E-state index contributed by atoms with van der Waals surface area (Å²) in [6.07, 6.45) is 1.48. The summed E-state index contributed by atoms with van der Waals surface area (Å²) in [5.41, 5.74) is 2.83. The minimum atomic E-state index is -0.435. The third kappa shape index (κ3) is 3.99. The SMILES string of the molecule is O=[N+]([O-])c1ccc(SC=C=CCO)cc1. The molecule has 0 aliphatic carbocycles. The maximum atomic E-state index is 10.4. The first-order chi connectivity index (χ1) is 7.24. The van der Waals surface area contributed by atoms with E-state index in [2.05, 4.69) is 5.73 Å². The second-order valence-corrected chi connectivity index (χ2v) is 3.48. The molecule has 1 N–H and O–H groups in total. The molecule has 0 aliphatic heterocycles. The standard InChI is InChI=1S/C10H9NO3S/c12-7-1-2-8-15-10-5-3-9(4-6-10)11(13)14/h1,3-6,8,12H,7H2. The Hall–Kier alpha value is -1.55. The number of non-ortho nitro benzene ring substituents is 1. The smallest absolute Gasteiger partial charge is 0.269 e. The van der Waals surface area contributed by atoms with Crippen LogP contribution in [0.15, 0.2) is 46.4 Å². The number of thioether (sulfide) groups is 1. The molecule has 0 spiro atoms. The fraction of sp³-hybridized carbons (Fsp3) is 0.100. The highest BCUT2D eigenvalue weighted by molar-refractivity contribution is 8.02. The maximum Gasteiger partial charge on any atom is 0.269 e. The molecule has 0 saturated carbocycles. The average Bonchev–Trinajstić information content (AvgIpc) is 2.25. The molecule has 0 fully saturated rings. The summed E-state index contributed by atoms with van der Waals surface area (Å²) in [6, 6.07) is 6.23. The second-order valence-electron chi connectivity index (χ2n) is 2.54. The Balaban J connectivity index is 2.65. The third-order valence-corrected chi connectivity index (χ3v) is 2.32. The van der Waals surface area contributed by atoms with E-state index < -0.39 is 4.92 Å². The molecule has 1 aromatic carbocycles. The van der Waals surface area contributed by atoms with E-state index in [1.807, 2.05) is 0 Å². The number of hydrogen-bond donors (Lipinski definition) is 1. The molecular weight excluding hydrogens is 214 g/mol. The summed E-state index contributed by atoms with van der Waals surface area (Å²) in [5.74, 6) is 0. The van der Waals surface area contributed by atoms with Crippen molar-refractivity contribution in [1.82, 2.24) is 0 Å². The van der Waals surface area contributed by atoms with Crippen molar-refractivity contribution in [3.8, 4) is 0 Å². The van der Waals surface area contributed by atoms with E-state index in [1.54, 1.807) is 17.5 Å². The number of nitrogens with zero attached hydrogens (tertiary/aromatic N) is 1. The van der Waals surface area contributed by atoms with E-state index in [-0.39, 0.29) is 12.3 Å². The molecule has 0 aromatic heterocycles. The van der Waals surface area contributed by atoms with Gasteiger partial charge in [0.05, 0.1) is 11.5 Å². The lowest BCUT2D eigenvalue weighted by atomic mass is 10.3. The van der Waals surface area contributed by atoms with Crippen molar-refractivity contribution in [3.63, 3.8) is 0 Å². The number of benzene rings is 1. The number of hydrogen-bond acceptors (Lipinski definition) is 4. The first-order valence-electron chi connectivity index (χ1n) is 4.15. The molecule has 1 rings (SSSR count).